The van der Waals surface area contributed by atoms with Crippen molar-refractivity contribution in [1.29, 1.82) is 0 Å². The van der Waals surface area contributed by atoms with Crippen LogP contribution in [0.3, 0.4) is 0 Å². The lowest BCUT2D eigenvalue weighted by Crippen LogP contribution is -1.95. The Kier molecular flexibility index (Phi) is 2.34. The molecule has 2 aromatic rings. The first-order chi connectivity index (χ1) is 7.56. The molecule has 0 unspecified atom stereocenters. The van der Waals surface area contributed by atoms with Crippen LogP contribution in [-0.2, 0) is 6.42 Å². The molecule has 2 rings (SSSR count). The van der Waals surface area contributed by atoms with Crippen molar-refractivity contribution in [3.05, 3.63) is 29.0 Å². The van der Waals surface area contributed by atoms with Gasteiger partial charge < -0.3 is 14.6 Å². The van der Waals surface area contributed by atoms with Gasteiger partial charge >= 0.3 is 5.97 Å². The van der Waals surface area contributed by atoms with Crippen LogP contribution in [0, 0.1) is 6.92 Å². The molecule has 2 N–H and O–H groups in total. The van der Waals surface area contributed by atoms with Gasteiger partial charge in [0.25, 0.3) is 0 Å². The van der Waals surface area contributed by atoms with Crippen LogP contribution in [0.1, 0.15) is 28.6 Å². The van der Waals surface area contributed by atoms with Crippen LogP contribution < -0.4 is 0 Å². The van der Waals surface area contributed by atoms with E-state index in [2.05, 4.69) is 0 Å². The lowest BCUT2D eigenvalue weighted by atomic mass is 10.1. The quantitative estimate of drug-likeness (QED) is 0.816. The van der Waals surface area contributed by atoms with Crippen molar-refractivity contribution >= 4 is 16.9 Å². The lowest BCUT2D eigenvalue weighted by molar-refractivity contribution is 0.0664. The fraction of sp³-hybridized carbons (Fsp3) is 0.250. The second kappa shape index (κ2) is 3.56. The monoisotopic (exact) mass is 220 g/mol. The summed E-state index contributed by atoms with van der Waals surface area (Å²) >= 11 is 0. The number of aryl methyl sites for hydroxylation is 2. The van der Waals surface area contributed by atoms with Crippen LogP contribution >= 0.6 is 0 Å². The molecular formula is C12H12O4. The number of aromatic carboxylic acids is 1. The fourth-order valence-electron chi connectivity index (χ4n) is 1.85. The van der Waals surface area contributed by atoms with E-state index in [1.54, 1.807) is 19.1 Å². The molecule has 0 aliphatic heterocycles. The fourth-order valence-corrected chi connectivity index (χ4v) is 1.85. The largest absolute Gasteiger partial charge is 0.507 e. The Bertz CT molecular complexity index is 566. The average Bonchev–Trinajstić information content (AvgIpc) is 2.57. The summed E-state index contributed by atoms with van der Waals surface area (Å²) in [7, 11) is 0. The molecule has 0 bridgehead atoms. The summed E-state index contributed by atoms with van der Waals surface area (Å²) in [5, 5.41) is 19.4. The first-order valence-electron chi connectivity index (χ1n) is 5.03. The van der Waals surface area contributed by atoms with Gasteiger partial charge in [-0.15, -0.1) is 0 Å². The van der Waals surface area contributed by atoms with Crippen molar-refractivity contribution in [3.8, 4) is 5.75 Å². The number of aromatic hydroxyl groups is 1. The van der Waals surface area contributed by atoms with Gasteiger partial charge in [0.15, 0.2) is 0 Å². The summed E-state index contributed by atoms with van der Waals surface area (Å²) < 4.78 is 5.18. The van der Waals surface area contributed by atoms with Crippen LogP contribution in [0.5, 0.6) is 5.75 Å². The van der Waals surface area contributed by atoms with Gasteiger partial charge in [-0.1, -0.05) is 13.0 Å². The van der Waals surface area contributed by atoms with Crippen molar-refractivity contribution in [2.24, 2.45) is 0 Å². The number of rotatable bonds is 2. The second-order valence-corrected chi connectivity index (χ2v) is 3.66. The Morgan fingerprint density at radius 1 is 1.44 bits per heavy atom. The number of hydrogen-bond acceptors (Lipinski definition) is 3. The summed E-state index contributed by atoms with van der Waals surface area (Å²) in [5.74, 6) is -1.11. The molecule has 1 aromatic carbocycles. The van der Waals surface area contributed by atoms with E-state index in [0.29, 0.717) is 23.0 Å². The van der Waals surface area contributed by atoms with Gasteiger partial charge in [0, 0.05) is 5.56 Å². The highest BCUT2D eigenvalue weighted by atomic mass is 16.4. The number of furan rings is 1. The predicted octanol–water partition coefficient (Wildman–Crippen LogP) is 2.71. The number of fused-ring (bicyclic) bond motifs is 1. The third-order valence-electron chi connectivity index (χ3n) is 2.73. The Morgan fingerprint density at radius 3 is 2.69 bits per heavy atom. The van der Waals surface area contributed by atoms with Gasteiger partial charge in [-0.3, -0.25) is 0 Å². The van der Waals surface area contributed by atoms with Crippen molar-refractivity contribution in [2.75, 3.05) is 0 Å². The van der Waals surface area contributed by atoms with Crippen LogP contribution in [0.25, 0.3) is 11.0 Å². The number of benzene rings is 1. The first kappa shape index (κ1) is 10.5. The molecule has 4 nitrogen and oxygen atoms in total. The number of carbonyl (C=O) groups is 1. The highest BCUT2D eigenvalue weighted by Crippen LogP contribution is 2.35. The second-order valence-electron chi connectivity index (χ2n) is 3.66. The van der Waals surface area contributed by atoms with E-state index in [1.807, 2.05) is 6.92 Å². The van der Waals surface area contributed by atoms with Gasteiger partial charge in [-0.2, -0.15) is 0 Å². The summed E-state index contributed by atoms with van der Waals surface area (Å²) in [4.78, 5) is 10.9. The van der Waals surface area contributed by atoms with Crippen LogP contribution in [-0.4, -0.2) is 16.2 Å². The standard InChI is InChI=1S/C12H12O4/c1-3-7-4-5-8-9(10(7)13)6(2)11(16-8)12(14)15/h4-5,13H,3H2,1-2H3,(H,14,15). The summed E-state index contributed by atoms with van der Waals surface area (Å²) in [6.45, 7) is 3.56. The lowest BCUT2D eigenvalue weighted by Gasteiger charge is -2.01. The molecule has 0 radical (unpaired) electrons. The van der Waals surface area contributed by atoms with E-state index in [4.69, 9.17) is 9.52 Å². The van der Waals surface area contributed by atoms with Crippen LogP contribution in [0.15, 0.2) is 16.5 Å². The number of phenols is 1. The van der Waals surface area contributed by atoms with Gasteiger partial charge in [0.2, 0.25) is 5.76 Å². The molecule has 0 amide bonds. The predicted molar refractivity (Wildman–Crippen MR) is 59.0 cm³/mol. The maximum atomic E-state index is 10.9. The minimum Gasteiger partial charge on any atom is -0.507 e. The molecule has 16 heavy (non-hydrogen) atoms. The highest BCUT2D eigenvalue weighted by molar-refractivity contribution is 5.97. The van der Waals surface area contributed by atoms with E-state index in [0.717, 1.165) is 5.56 Å². The molecule has 1 aromatic heterocycles. The van der Waals surface area contributed by atoms with E-state index >= 15 is 0 Å². The molecule has 4 heteroatoms. The van der Waals surface area contributed by atoms with E-state index in [9.17, 15) is 9.90 Å². The Balaban J connectivity index is 2.83. The molecule has 0 saturated carbocycles. The molecule has 0 aliphatic rings. The number of phenolic OH excluding ortho intramolecular Hbond substituents is 1. The van der Waals surface area contributed by atoms with Gasteiger partial charge in [-0.05, 0) is 25.0 Å². The van der Waals surface area contributed by atoms with E-state index < -0.39 is 5.97 Å². The number of hydrogen-bond donors (Lipinski definition) is 2. The zero-order chi connectivity index (χ0) is 11.9. The maximum Gasteiger partial charge on any atom is 0.372 e. The van der Waals surface area contributed by atoms with Crippen LogP contribution in [0.4, 0.5) is 0 Å². The van der Waals surface area contributed by atoms with Crippen molar-refractivity contribution in [1.82, 2.24) is 0 Å². The van der Waals surface area contributed by atoms with Gasteiger partial charge in [0.05, 0.1) is 5.39 Å². The number of carboxylic acids is 1. The third kappa shape index (κ3) is 1.34. The minimum absolute atomic E-state index is 0.112. The third-order valence-corrected chi connectivity index (χ3v) is 2.73. The molecule has 84 valence electrons. The molecule has 0 atom stereocenters. The smallest absolute Gasteiger partial charge is 0.372 e. The zero-order valence-corrected chi connectivity index (χ0v) is 9.07. The van der Waals surface area contributed by atoms with Gasteiger partial charge in [0.1, 0.15) is 11.3 Å². The van der Waals surface area contributed by atoms with Crippen molar-refractivity contribution < 1.29 is 19.4 Å². The molecule has 0 fully saturated rings. The molecule has 0 aliphatic carbocycles. The Hall–Kier alpha value is -1.97. The Morgan fingerprint density at radius 2 is 2.12 bits per heavy atom. The van der Waals surface area contributed by atoms with Crippen molar-refractivity contribution in [2.45, 2.75) is 20.3 Å². The average molecular weight is 220 g/mol. The SMILES string of the molecule is CCc1ccc2oc(C(=O)O)c(C)c2c1O. The maximum absolute atomic E-state index is 10.9. The zero-order valence-electron chi connectivity index (χ0n) is 9.07. The van der Waals surface area contributed by atoms with Crippen molar-refractivity contribution in [3.63, 3.8) is 0 Å². The summed E-state index contributed by atoms with van der Waals surface area (Å²) in [5.41, 5.74) is 1.66. The summed E-state index contributed by atoms with van der Waals surface area (Å²) in [6.07, 6.45) is 0.689. The summed E-state index contributed by atoms with van der Waals surface area (Å²) in [6, 6.07) is 3.43. The van der Waals surface area contributed by atoms with E-state index in [-0.39, 0.29) is 11.5 Å². The molecule has 0 saturated heterocycles. The normalized spacial score (nSPS) is 10.9. The molecule has 0 spiro atoms. The minimum atomic E-state index is -1.12. The molecule has 1 heterocycles. The Labute approximate surface area is 92.1 Å². The van der Waals surface area contributed by atoms with E-state index in [1.165, 1.54) is 0 Å². The molecular weight excluding hydrogens is 208 g/mol. The van der Waals surface area contributed by atoms with Gasteiger partial charge in [-0.25, -0.2) is 4.79 Å². The number of carboxylic acid groups (broad SMARTS) is 1. The first-order valence-corrected chi connectivity index (χ1v) is 5.03. The van der Waals surface area contributed by atoms with Crippen LogP contribution in [0.2, 0.25) is 0 Å². The topological polar surface area (TPSA) is 70.7 Å². The highest BCUT2D eigenvalue weighted by Gasteiger charge is 2.19.